The van der Waals surface area contributed by atoms with Crippen LogP contribution < -0.4 is 5.32 Å². The predicted molar refractivity (Wildman–Crippen MR) is 87.1 cm³/mol. The Balaban J connectivity index is 2.12. The zero-order valence-electron chi connectivity index (χ0n) is 13.6. The second-order valence-electron chi connectivity index (χ2n) is 6.04. The summed E-state index contributed by atoms with van der Waals surface area (Å²) in [6.07, 6.45) is 0. The fraction of sp³-hybridized carbons (Fsp3) is 0.500. The third-order valence-electron chi connectivity index (χ3n) is 3.80. The molecule has 0 spiro atoms. The van der Waals surface area contributed by atoms with Crippen molar-refractivity contribution in [3.8, 4) is 10.8 Å². The first kappa shape index (κ1) is 16.7. The smallest absolute Gasteiger partial charge is 0.263 e. The van der Waals surface area contributed by atoms with E-state index >= 15 is 0 Å². The summed E-state index contributed by atoms with van der Waals surface area (Å²) < 4.78 is 5.54. The summed E-state index contributed by atoms with van der Waals surface area (Å²) in [4.78, 5) is 17.2. The van der Waals surface area contributed by atoms with Gasteiger partial charge in [-0.05, 0) is 38.8 Å². The number of amides is 1. The van der Waals surface area contributed by atoms with E-state index in [1.165, 1.54) is 11.3 Å². The van der Waals surface area contributed by atoms with E-state index in [9.17, 15) is 9.90 Å². The number of nitrogens with one attached hydrogen (secondary N) is 1. The third-order valence-corrected chi connectivity index (χ3v) is 4.98. The maximum Gasteiger partial charge on any atom is 0.263 e. The van der Waals surface area contributed by atoms with Gasteiger partial charge in [-0.2, -0.15) is 0 Å². The Morgan fingerprint density at radius 3 is 2.68 bits per heavy atom. The van der Waals surface area contributed by atoms with Crippen molar-refractivity contribution in [1.82, 2.24) is 10.3 Å². The summed E-state index contributed by atoms with van der Waals surface area (Å²) in [5.74, 6) is 1.31. The number of hydrogen-bond acceptors (Lipinski definition) is 5. The van der Waals surface area contributed by atoms with Crippen LogP contribution in [0.5, 0.6) is 0 Å². The summed E-state index contributed by atoms with van der Waals surface area (Å²) >= 11 is 1.29. The van der Waals surface area contributed by atoms with Crippen LogP contribution in [0.4, 0.5) is 0 Å². The molecule has 0 radical (unpaired) electrons. The summed E-state index contributed by atoms with van der Waals surface area (Å²) in [5, 5.41) is 13.7. The van der Waals surface area contributed by atoms with Crippen molar-refractivity contribution in [3.05, 3.63) is 28.5 Å². The Morgan fingerprint density at radius 1 is 1.45 bits per heavy atom. The summed E-state index contributed by atoms with van der Waals surface area (Å²) in [6.45, 7) is 9.42. The molecule has 5 nitrogen and oxygen atoms in total. The number of nitrogens with zero attached hydrogens (tertiary/aromatic N) is 1. The SMILES string of the molecule is Cc1ccc(-c2nc(C)c(C(=O)NCC(C)(O)C(C)C)s2)o1. The topological polar surface area (TPSA) is 75.4 Å². The number of furan rings is 1. The van der Waals surface area contributed by atoms with E-state index in [1.807, 2.05) is 32.9 Å². The molecule has 2 rings (SSSR count). The van der Waals surface area contributed by atoms with Crippen LogP contribution >= 0.6 is 11.3 Å². The number of hydrogen-bond donors (Lipinski definition) is 2. The second-order valence-corrected chi connectivity index (χ2v) is 7.04. The fourth-order valence-corrected chi connectivity index (χ4v) is 2.75. The maximum absolute atomic E-state index is 12.3. The van der Waals surface area contributed by atoms with E-state index in [0.717, 1.165) is 5.76 Å². The van der Waals surface area contributed by atoms with Crippen LogP contribution in [-0.4, -0.2) is 28.1 Å². The number of carbonyl (C=O) groups is 1. The molecule has 0 bridgehead atoms. The van der Waals surface area contributed by atoms with Crippen molar-refractivity contribution in [2.45, 2.75) is 40.2 Å². The Labute approximate surface area is 134 Å². The number of aryl methyl sites for hydroxylation is 2. The molecule has 0 aliphatic rings. The fourth-order valence-electron chi connectivity index (χ4n) is 1.81. The van der Waals surface area contributed by atoms with Gasteiger partial charge in [-0.25, -0.2) is 4.98 Å². The molecule has 6 heteroatoms. The zero-order chi connectivity index (χ0) is 16.5. The molecule has 1 amide bonds. The second kappa shape index (κ2) is 6.22. The van der Waals surface area contributed by atoms with Crippen molar-refractivity contribution in [2.24, 2.45) is 5.92 Å². The zero-order valence-corrected chi connectivity index (χ0v) is 14.4. The Hall–Kier alpha value is -1.66. The molecule has 2 aromatic heterocycles. The van der Waals surface area contributed by atoms with Crippen LogP contribution in [-0.2, 0) is 0 Å². The van der Waals surface area contributed by atoms with Gasteiger partial charge in [-0.1, -0.05) is 13.8 Å². The number of carbonyl (C=O) groups excluding carboxylic acids is 1. The van der Waals surface area contributed by atoms with E-state index in [4.69, 9.17) is 4.42 Å². The molecule has 120 valence electrons. The molecule has 0 aliphatic carbocycles. The molecule has 0 saturated carbocycles. The van der Waals surface area contributed by atoms with Crippen molar-refractivity contribution in [1.29, 1.82) is 0 Å². The number of thiazole rings is 1. The normalized spacial score (nSPS) is 14.1. The standard InChI is InChI=1S/C16H22N2O3S/c1-9(2)16(5,20)8-17-14(19)13-11(4)18-15(22-13)12-7-6-10(3)21-12/h6-7,9,20H,8H2,1-5H3,(H,17,19). The number of rotatable bonds is 5. The quantitative estimate of drug-likeness (QED) is 0.886. The van der Waals surface area contributed by atoms with Gasteiger partial charge in [-0.3, -0.25) is 4.79 Å². The van der Waals surface area contributed by atoms with Gasteiger partial charge in [0, 0.05) is 6.54 Å². The third kappa shape index (κ3) is 3.56. The molecule has 0 aliphatic heterocycles. The largest absolute Gasteiger partial charge is 0.459 e. The van der Waals surface area contributed by atoms with E-state index in [2.05, 4.69) is 10.3 Å². The number of aliphatic hydroxyl groups is 1. The molecule has 2 N–H and O–H groups in total. The number of aromatic nitrogens is 1. The molecular formula is C16H22N2O3S. The minimum absolute atomic E-state index is 0.0528. The van der Waals surface area contributed by atoms with Gasteiger partial charge in [0.25, 0.3) is 5.91 Å². The van der Waals surface area contributed by atoms with Crippen LogP contribution in [0.2, 0.25) is 0 Å². The highest BCUT2D eigenvalue weighted by molar-refractivity contribution is 7.17. The van der Waals surface area contributed by atoms with Gasteiger partial charge in [0.1, 0.15) is 10.6 Å². The molecule has 0 aromatic carbocycles. The monoisotopic (exact) mass is 322 g/mol. The van der Waals surface area contributed by atoms with Gasteiger partial charge in [-0.15, -0.1) is 11.3 Å². The lowest BCUT2D eigenvalue weighted by molar-refractivity contribution is 0.0142. The first-order valence-corrected chi connectivity index (χ1v) is 8.07. The molecular weight excluding hydrogens is 300 g/mol. The van der Waals surface area contributed by atoms with Gasteiger partial charge >= 0.3 is 0 Å². The average molecular weight is 322 g/mol. The lowest BCUT2D eigenvalue weighted by atomic mass is 9.92. The minimum atomic E-state index is -0.935. The first-order valence-electron chi connectivity index (χ1n) is 7.25. The first-order chi connectivity index (χ1) is 10.2. The lowest BCUT2D eigenvalue weighted by Crippen LogP contribution is -2.44. The molecule has 22 heavy (non-hydrogen) atoms. The van der Waals surface area contributed by atoms with Crippen LogP contribution in [0, 0.1) is 19.8 Å². The Kier molecular flexibility index (Phi) is 4.72. The highest BCUT2D eigenvalue weighted by Gasteiger charge is 2.26. The van der Waals surface area contributed by atoms with E-state index < -0.39 is 5.60 Å². The van der Waals surface area contributed by atoms with Crippen LogP contribution in [0.1, 0.15) is 41.9 Å². The highest BCUT2D eigenvalue weighted by Crippen LogP contribution is 2.29. The van der Waals surface area contributed by atoms with E-state index in [-0.39, 0.29) is 18.4 Å². The predicted octanol–water partition coefficient (Wildman–Crippen LogP) is 3.16. The Bertz CT molecular complexity index is 671. The molecule has 2 aromatic rings. The summed E-state index contributed by atoms with van der Waals surface area (Å²) in [5.41, 5.74) is -0.273. The van der Waals surface area contributed by atoms with Crippen molar-refractivity contribution < 1.29 is 14.3 Å². The van der Waals surface area contributed by atoms with E-state index in [0.29, 0.717) is 21.3 Å². The van der Waals surface area contributed by atoms with Crippen molar-refractivity contribution in [2.75, 3.05) is 6.54 Å². The molecule has 0 fully saturated rings. The summed E-state index contributed by atoms with van der Waals surface area (Å²) in [6, 6.07) is 3.71. The van der Waals surface area contributed by atoms with Gasteiger partial charge < -0.3 is 14.8 Å². The molecule has 1 unspecified atom stereocenters. The van der Waals surface area contributed by atoms with Crippen LogP contribution in [0.15, 0.2) is 16.5 Å². The minimum Gasteiger partial charge on any atom is -0.459 e. The highest BCUT2D eigenvalue weighted by atomic mass is 32.1. The molecule has 1 atom stereocenters. The van der Waals surface area contributed by atoms with Gasteiger partial charge in [0.15, 0.2) is 10.8 Å². The van der Waals surface area contributed by atoms with Crippen LogP contribution in [0.25, 0.3) is 10.8 Å². The van der Waals surface area contributed by atoms with Crippen molar-refractivity contribution in [3.63, 3.8) is 0 Å². The lowest BCUT2D eigenvalue weighted by Gasteiger charge is -2.27. The molecule has 2 heterocycles. The van der Waals surface area contributed by atoms with E-state index in [1.54, 1.807) is 13.8 Å². The van der Waals surface area contributed by atoms with Gasteiger partial charge in [0.2, 0.25) is 0 Å². The van der Waals surface area contributed by atoms with Crippen molar-refractivity contribution >= 4 is 17.2 Å². The van der Waals surface area contributed by atoms with Crippen LogP contribution in [0.3, 0.4) is 0 Å². The maximum atomic E-state index is 12.3. The average Bonchev–Trinajstić information content (AvgIpc) is 3.02. The Morgan fingerprint density at radius 2 is 2.14 bits per heavy atom. The van der Waals surface area contributed by atoms with Gasteiger partial charge in [0.05, 0.1) is 11.3 Å². The summed E-state index contributed by atoms with van der Waals surface area (Å²) in [7, 11) is 0. The molecule has 0 saturated heterocycles.